The monoisotopic (exact) mass is 331 g/mol. The topological polar surface area (TPSA) is 166 Å². The molecule has 2 aromatic rings. The first kappa shape index (κ1) is 15.3. The summed E-state index contributed by atoms with van der Waals surface area (Å²) in [5, 5.41) is 14.6. The third-order valence-corrected chi connectivity index (χ3v) is 3.76. The number of aliphatic hydroxyl groups is 1. The Labute approximate surface area is 123 Å². The van der Waals surface area contributed by atoms with Crippen molar-refractivity contribution in [2.75, 3.05) is 12.3 Å². The Bertz CT molecular complexity index is 732. The molecule has 1 aliphatic rings. The van der Waals surface area contributed by atoms with Gasteiger partial charge >= 0.3 is 7.82 Å². The van der Waals surface area contributed by atoms with Gasteiger partial charge in [-0.15, -0.1) is 5.10 Å². The van der Waals surface area contributed by atoms with Crippen molar-refractivity contribution in [1.29, 1.82) is 0 Å². The molecule has 0 amide bonds. The van der Waals surface area contributed by atoms with Gasteiger partial charge in [-0.1, -0.05) is 0 Å². The van der Waals surface area contributed by atoms with Crippen LogP contribution in [0.1, 0.15) is 12.6 Å². The van der Waals surface area contributed by atoms with Crippen molar-refractivity contribution in [3.05, 3.63) is 12.5 Å². The van der Waals surface area contributed by atoms with Crippen LogP contribution in [0.25, 0.3) is 11.0 Å². The first-order valence-electron chi connectivity index (χ1n) is 6.32. The van der Waals surface area contributed by atoms with Crippen LogP contribution in [0.3, 0.4) is 0 Å². The van der Waals surface area contributed by atoms with Crippen molar-refractivity contribution in [2.24, 2.45) is 0 Å². The molecule has 3 atom stereocenters. The minimum atomic E-state index is -4.61. The number of fused-ring (bicyclic) bond motifs is 1. The van der Waals surface area contributed by atoms with E-state index >= 15 is 0 Å². The van der Waals surface area contributed by atoms with E-state index in [9.17, 15) is 9.67 Å². The molecule has 120 valence electrons. The number of aliphatic hydroxyl groups excluding tert-OH is 1. The maximum atomic E-state index is 10.7. The minimum absolute atomic E-state index is 0.191. The molecule has 3 heterocycles. The van der Waals surface area contributed by atoms with Crippen molar-refractivity contribution in [1.82, 2.24) is 19.7 Å². The Morgan fingerprint density at radius 3 is 2.95 bits per heavy atom. The summed E-state index contributed by atoms with van der Waals surface area (Å²) < 4.78 is 22.0. The molecule has 11 nitrogen and oxygen atoms in total. The zero-order valence-corrected chi connectivity index (χ0v) is 12.1. The molecule has 1 saturated heterocycles. The van der Waals surface area contributed by atoms with Gasteiger partial charge in [-0.2, -0.15) is 0 Å². The van der Waals surface area contributed by atoms with Crippen molar-refractivity contribution in [3.63, 3.8) is 0 Å². The van der Waals surface area contributed by atoms with Crippen LogP contribution >= 0.6 is 7.82 Å². The summed E-state index contributed by atoms with van der Waals surface area (Å²) in [7, 11) is -4.61. The molecule has 5 N–H and O–H groups in total. The van der Waals surface area contributed by atoms with Crippen LogP contribution < -0.4 is 5.73 Å². The van der Waals surface area contributed by atoms with Crippen molar-refractivity contribution < 1.29 is 28.7 Å². The SMILES string of the molecule is Nc1ncnc2nn([C@H]3C[C@H](O)[C@@H](COP(=O)(O)O)O3)cc12. The first-order chi connectivity index (χ1) is 10.3. The molecule has 0 unspecified atom stereocenters. The van der Waals surface area contributed by atoms with E-state index in [0.717, 1.165) is 0 Å². The number of anilines is 1. The van der Waals surface area contributed by atoms with E-state index in [1.807, 2.05) is 0 Å². The average Bonchev–Trinajstić information content (AvgIpc) is 3.00. The van der Waals surface area contributed by atoms with Gasteiger partial charge in [-0.05, 0) is 0 Å². The number of nitrogen functional groups attached to an aromatic ring is 1. The maximum Gasteiger partial charge on any atom is 0.469 e. The van der Waals surface area contributed by atoms with Crippen LogP contribution in [-0.4, -0.2) is 53.5 Å². The standard InChI is InChI=1S/C10H14N5O6P/c11-9-5-2-15(14-10(5)13-4-12-9)8-1-6(16)7(21-8)3-20-22(17,18)19/h2,4,6-8,16H,1,3H2,(H2,17,18,19)(H2,11,12,13,14)/t6-,7+,8+/m0/s1. The lowest BCUT2D eigenvalue weighted by Gasteiger charge is -2.15. The van der Waals surface area contributed by atoms with Gasteiger partial charge in [0, 0.05) is 12.6 Å². The van der Waals surface area contributed by atoms with Crippen LogP contribution in [0.2, 0.25) is 0 Å². The van der Waals surface area contributed by atoms with E-state index in [1.165, 1.54) is 11.0 Å². The highest BCUT2D eigenvalue weighted by atomic mass is 31.2. The molecule has 0 spiro atoms. The fraction of sp³-hybridized carbons (Fsp3) is 0.500. The van der Waals surface area contributed by atoms with Gasteiger partial charge in [0.25, 0.3) is 0 Å². The smallest absolute Gasteiger partial charge is 0.390 e. The summed E-state index contributed by atoms with van der Waals surface area (Å²) in [6, 6.07) is 0. The summed E-state index contributed by atoms with van der Waals surface area (Å²) in [5.74, 6) is 0.274. The van der Waals surface area contributed by atoms with Crippen LogP contribution in [0.15, 0.2) is 12.5 Å². The van der Waals surface area contributed by atoms with Gasteiger partial charge in [-0.25, -0.2) is 19.2 Å². The fourth-order valence-electron chi connectivity index (χ4n) is 2.22. The van der Waals surface area contributed by atoms with Crippen molar-refractivity contribution >= 4 is 24.7 Å². The summed E-state index contributed by atoms with van der Waals surface area (Å²) in [6.07, 6.45) is 0.649. The molecule has 0 bridgehead atoms. The number of nitrogens with zero attached hydrogens (tertiary/aromatic N) is 4. The highest BCUT2D eigenvalue weighted by molar-refractivity contribution is 7.46. The van der Waals surface area contributed by atoms with E-state index in [2.05, 4.69) is 19.6 Å². The third kappa shape index (κ3) is 3.09. The Morgan fingerprint density at radius 2 is 2.27 bits per heavy atom. The Morgan fingerprint density at radius 1 is 1.50 bits per heavy atom. The molecular weight excluding hydrogens is 317 g/mol. The lowest BCUT2D eigenvalue weighted by molar-refractivity contribution is -0.0473. The van der Waals surface area contributed by atoms with Crippen molar-refractivity contribution in [3.8, 4) is 0 Å². The molecular formula is C10H14N5O6P. The normalized spacial score (nSPS) is 25.9. The van der Waals surface area contributed by atoms with Crippen LogP contribution in [0.5, 0.6) is 0 Å². The number of phosphoric ester groups is 1. The van der Waals surface area contributed by atoms with Gasteiger partial charge in [0.05, 0.1) is 18.1 Å². The molecule has 2 aromatic heterocycles. The quantitative estimate of drug-likeness (QED) is 0.519. The minimum Gasteiger partial charge on any atom is -0.390 e. The number of rotatable bonds is 4. The Hall–Kier alpha value is -1.62. The fourth-order valence-corrected chi connectivity index (χ4v) is 2.56. The zero-order chi connectivity index (χ0) is 15.9. The second kappa shape index (κ2) is 5.54. The summed E-state index contributed by atoms with van der Waals surface area (Å²) in [6.45, 7) is -0.426. The molecule has 0 aromatic carbocycles. The summed E-state index contributed by atoms with van der Waals surface area (Å²) in [4.78, 5) is 25.2. The number of hydrogen-bond donors (Lipinski definition) is 4. The second-order valence-corrected chi connectivity index (χ2v) is 6.06. The largest absolute Gasteiger partial charge is 0.469 e. The highest BCUT2D eigenvalue weighted by Gasteiger charge is 2.37. The molecule has 1 fully saturated rings. The Kier molecular flexibility index (Phi) is 3.85. The number of aromatic nitrogens is 4. The predicted molar refractivity (Wildman–Crippen MR) is 72.3 cm³/mol. The summed E-state index contributed by atoms with van der Waals surface area (Å²) in [5.41, 5.74) is 6.11. The third-order valence-electron chi connectivity index (χ3n) is 3.27. The number of phosphoric acid groups is 1. The first-order valence-corrected chi connectivity index (χ1v) is 7.85. The van der Waals surface area contributed by atoms with E-state index < -0.39 is 32.9 Å². The van der Waals surface area contributed by atoms with E-state index in [1.54, 1.807) is 6.20 Å². The van der Waals surface area contributed by atoms with Gasteiger partial charge in [-0.3, -0.25) is 4.52 Å². The predicted octanol–water partition coefficient (Wildman–Crippen LogP) is -0.834. The van der Waals surface area contributed by atoms with Crippen molar-refractivity contribution in [2.45, 2.75) is 24.9 Å². The molecule has 0 radical (unpaired) electrons. The average molecular weight is 331 g/mol. The lowest BCUT2D eigenvalue weighted by atomic mass is 10.2. The van der Waals surface area contributed by atoms with Gasteiger partial charge < -0.3 is 25.4 Å². The van der Waals surface area contributed by atoms with Crippen LogP contribution in [-0.2, 0) is 13.8 Å². The van der Waals surface area contributed by atoms with Crippen LogP contribution in [0.4, 0.5) is 5.82 Å². The molecule has 0 saturated carbocycles. The molecule has 0 aliphatic carbocycles. The van der Waals surface area contributed by atoms with E-state index in [-0.39, 0.29) is 12.2 Å². The van der Waals surface area contributed by atoms with Gasteiger partial charge in [0.1, 0.15) is 18.2 Å². The van der Waals surface area contributed by atoms with Crippen LogP contribution in [0, 0.1) is 0 Å². The van der Waals surface area contributed by atoms with Gasteiger partial charge in [0.2, 0.25) is 0 Å². The zero-order valence-electron chi connectivity index (χ0n) is 11.2. The molecule has 22 heavy (non-hydrogen) atoms. The molecule has 12 heteroatoms. The number of hydrogen-bond acceptors (Lipinski definition) is 8. The number of ether oxygens (including phenoxy) is 1. The van der Waals surface area contributed by atoms with E-state index in [0.29, 0.717) is 11.0 Å². The van der Waals surface area contributed by atoms with E-state index in [4.69, 9.17) is 20.3 Å². The maximum absolute atomic E-state index is 10.7. The summed E-state index contributed by atoms with van der Waals surface area (Å²) >= 11 is 0. The molecule has 3 rings (SSSR count). The highest BCUT2D eigenvalue weighted by Crippen LogP contribution is 2.38. The number of nitrogens with two attached hydrogens (primary N) is 1. The van der Waals surface area contributed by atoms with Gasteiger partial charge in [0.15, 0.2) is 11.9 Å². The Balaban J connectivity index is 1.75. The molecule has 1 aliphatic heterocycles. The second-order valence-electron chi connectivity index (χ2n) is 4.82. The lowest BCUT2D eigenvalue weighted by Crippen LogP contribution is -2.25.